The van der Waals surface area contributed by atoms with Gasteiger partial charge >= 0.3 is 41.9 Å². The van der Waals surface area contributed by atoms with Crippen LogP contribution in [0.3, 0.4) is 0 Å². The van der Waals surface area contributed by atoms with Crippen LogP contribution in [0, 0.1) is 0 Å². The summed E-state index contributed by atoms with van der Waals surface area (Å²) in [6.45, 7) is -1.44. The molecule has 2 atom stereocenters. The van der Waals surface area contributed by atoms with Crippen LogP contribution in [0.25, 0.3) is 11.0 Å². The number of halogens is 4. The van der Waals surface area contributed by atoms with Crippen LogP contribution in [0.4, 0.5) is 17.6 Å². The molecule has 0 aliphatic heterocycles. The monoisotopic (exact) mass is 463 g/mol. The molecule has 2 aromatic heterocycles. The van der Waals surface area contributed by atoms with Crippen LogP contribution in [-0.2, 0) is 17.2 Å². The van der Waals surface area contributed by atoms with E-state index in [1.54, 1.807) is 12.1 Å². The average molecular weight is 463 g/mol. The predicted molar refractivity (Wildman–Crippen MR) is 102 cm³/mol. The maximum absolute atomic E-state index is 13.3. The number of imidazole rings is 1. The fourth-order valence-corrected chi connectivity index (χ4v) is 4.89. The van der Waals surface area contributed by atoms with Crippen LogP contribution in [-0.4, -0.2) is 33.1 Å². The summed E-state index contributed by atoms with van der Waals surface area (Å²) in [4.78, 5) is 13.0. The van der Waals surface area contributed by atoms with Gasteiger partial charge in [0.05, 0.1) is 21.7 Å². The van der Waals surface area contributed by atoms with Gasteiger partial charge in [-0.2, -0.15) is 8.78 Å². The molecule has 3 aromatic rings. The van der Waals surface area contributed by atoms with Crippen LogP contribution in [0.15, 0.2) is 41.7 Å². The second-order valence-electron chi connectivity index (χ2n) is 7.05. The summed E-state index contributed by atoms with van der Waals surface area (Å²) < 4.78 is 69.9. The summed E-state index contributed by atoms with van der Waals surface area (Å²) in [7, 11) is -1.62. The van der Waals surface area contributed by atoms with Crippen LogP contribution >= 0.6 is 0 Å². The van der Waals surface area contributed by atoms with E-state index in [4.69, 9.17) is 4.74 Å². The quantitative estimate of drug-likeness (QED) is 0.315. The standard InChI is InChI=1S/C20H18F4N3O2S.Na/c21-18(22)20(23,24)11-29-15-9-10-25-17-12(15)5-1-4-8-16(17)30(28)19-26-13-6-2-3-7-14(13)27-19;/h2-3,6-7,9-10,16,18H,1,4-5,8,11H2;/q-1;+1/t16-,30+;/m1./s1. The summed E-state index contributed by atoms with van der Waals surface area (Å²) >= 11 is 0. The Kier molecular flexibility index (Phi) is 7.77. The fraction of sp³-hybridized carbons (Fsp3) is 0.400. The molecule has 11 heteroatoms. The average Bonchev–Trinajstić information content (AvgIpc) is 3.04. The summed E-state index contributed by atoms with van der Waals surface area (Å²) in [5.41, 5.74) is 2.25. The van der Waals surface area contributed by atoms with Gasteiger partial charge in [0.2, 0.25) is 0 Å². The first-order valence-corrected chi connectivity index (χ1v) is 10.6. The Balaban J connectivity index is 0.00000272. The zero-order valence-electron chi connectivity index (χ0n) is 16.7. The van der Waals surface area contributed by atoms with E-state index in [1.165, 1.54) is 12.3 Å². The van der Waals surface area contributed by atoms with Crippen molar-refractivity contribution < 1.29 is 56.1 Å². The molecule has 160 valence electrons. The molecule has 31 heavy (non-hydrogen) atoms. The Bertz CT molecular complexity index is 1050. The van der Waals surface area contributed by atoms with Gasteiger partial charge in [-0.1, -0.05) is 30.7 Å². The number of fused-ring (bicyclic) bond motifs is 2. The van der Waals surface area contributed by atoms with E-state index in [9.17, 15) is 21.8 Å². The molecule has 0 saturated carbocycles. The van der Waals surface area contributed by atoms with Crippen molar-refractivity contribution in [1.29, 1.82) is 0 Å². The number of rotatable bonds is 6. The number of hydrogen-bond acceptors (Lipinski definition) is 4. The van der Waals surface area contributed by atoms with Gasteiger partial charge in [0.25, 0.3) is 0 Å². The molecule has 4 rings (SSSR count). The van der Waals surface area contributed by atoms with Crippen LogP contribution in [0.5, 0.6) is 5.75 Å². The molecule has 0 radical (unpaired) electrons. The van der Waals surface area contributed by atoms with Crippen molar-refractivity contribution in [3.05, 3.63) is 47.8 Å². The first-order valence-electron chi connectivity index (χ1n) is 9.43. The molecular formula is C20H18F4N3NaO2S. The van der Waals surface area contributed by atoms with E-state index in [0.717, 1.165) is 6.42 Å². The summed E-state index contributed by atoms with van der Waals surface area (Å²) in [6, 6.07) is 8.55. The van der Waals surface area contributed by atoms with Crippen LogP contribution < -0.4 is 39.3 Å². The smallest absolute Gasteiger partial charge is 0.487 e. The second kappa shape index (κ2) is 9.97. The minimum absolute atomic E-state index is 0. The van der Waals surface area contributed by atoms with Gasteiger partial charge in [-0.05, 0) is 36.4 Å². The molecule has 0 N–H and O–H groups in total. The molecule has 0 spiro atoms. The summed E-state index contributed by atoms with van der Waals surface area (Å²) in [6.07, 6.45) is -0.00381. The van der Waals surface area contributed by atoms with Crippen molar-refractivity contribution >= 4 is 21.8 Å². The second-order valence-corrected chi connectivity index (χ2v) is 8.58. The number of aromatic nitrogens is 3. The van der Waals surface area contributed by atoms with Crippen LogP contribution in [0.1, 0.15) is 35.8 Å². The van der Waals surface area contributed by atoms with E-state index in [2.05, 4.69) is 15.0 Å². The number of hydrogen-bond donors (Lipinski definition) is 0. The molecule has 2 heterocycles. The third-order valence-electron chi connectivity index (χ3n) is 4.99. The van der Waals surface area contributed by atoms with Gasteiger partial charge in [-0.15, -0.1) is 0 Å². The van der Waals surface area contributed by atoms with Crippen molar-refractivity contribution in [2.24, 2.45) is 0 Å². The molecule has 0 saturated heterocycles. The molecule has 0 unspecified atom stereocenters. The third-order valence-corrected chi connectivity index (χ3v) is 6.50. The van der Waals surface area contributed by atoms with Crippen molar-refractivity contribution in [1.82, 2.24) is 15.0 Å². The summed E-state index contributed by atoms with van der Waals surface area (Å²) in [5, 5.41) is -0.357. The minimum atomic E-state index is -4.26. The fourth-order valence-electron chi connectivity index (χ4n) is 3.47. The number of benzene rings is 1. The summed E-state index contributed by atoms with van der Waals surface area (Å²) in [5.74, 6) is -4.19. The molecule has 1 aliphatic rings. The van der Waals surface area contributed by atoms with E-state index >= 15 is 0 Å². The van der Waals surface area contributed by atoms with Crippen molar-refractivity contribution in [3.63, 3.8) is 0 Å². The van der Waals surface area contributed by atoms with Gasteiger partial charge in [-0.3, -0.25) is 9.19 Å². The number of ether oxygens (including phenoxy) is 1. The normalized spacial score (nSPS) is 17.6. The Morgan fingerprint density at radius 1 is 1.23 bits per heavy atom. The zero-order chi connectivity index (χ0) is 21.3. The third kappa shape index (κ3) is 5.13. The molecular weight excluding hydrogens is 445 g/mol. The van der Waals surface area contributed by atoms with E-state index in [0.29, 0.717) is 41.6 Å². The molecule has 1 aliphatic carbocycles. The van der Waals surface area contributed by atoms with Gasteiger partial charge in [0.15, 0.2) is 6.61 Å². The first-order chi connectivity index (χ1) is 14.4. The van der Waals surface area contributed by atoms with Gasteiger partial charge < -0.3 is 14.7 Å². The van der Waals surface area contributed by atoms with Crippen molar-refractivity contribution in [2.45, 2.75) is 48.4 Å². The molecule has 0 fully saturated rings. The van der Waals surface area contributed by atoms with Gasteiger partial charge in [-0.25, -0.2) is 8.78 Å². The number of nitrogens with zero attached hydrogens (tertiary/aromatic N) is 3. The van der Waals surface area contributed by atoms with E-state index in [-0.39, 0.29) is 40.5 Å². The van der Waals surface area contributed by atoms with Crippen molar-refractivity contribution in [2.75, 3.05) is 6.61 Å². The van der Waals surface area contributed by atoms with E-state index in [1.807, 2.05) is 12.1 Å². The molecule has 1 aromatic carbocycles. The molecule has 5 nitrogen and oxygen atoms in total. The number of para-hydroxylation sites is 2. The van der Waals surface area contributed by atoms with Gasteiger partial charge in [0.1, 0.15) is 5.75 Å². The topological polar surface area (TPSA) is 66.2 Å². The Labute approximate surface area is 200 Å². The largest absolute Gasteiger partial charge is 1.00 e. The number of alkyl halides is 4. The van der Waals surface area contributed by atoms with Crippen LogP contribution in [0.2, 0.25) is 0 Å². The SMILES string of the molecule is O=[S@](c1nc2ccccc2[n-]1)[C@@H]1CCCCc2c(OCC(F)(F)C(F)F)ccnc21.[Na+]. The Morgan fingerprint density at radius 3 is 2.74 bits per heavy atom. The predicted octanol–water partition coefficient (Wildman–Crippen LogP) is 1.45. The Hall–Kier alpha value is -1.49. The Morgan fingerprint density at radius 2 is 2.00 bits per heavy atom. The van der Waals surface area contributed by atoms with Gasteiger partial charge in [0, 0.05) is 16.9 Å². The van der Waals surface area contributed by atoms with Crippen molar-refractivity contribution in [3.8, 4) is 5.75 Å². The number of pyridine rings is 1. The molecule has 0 bridgehead atoms. The maximum Gasteiger partial charge on any atom is 1.00 e. The first kappa shape index (κ1) is 24.2. The van der Waals surface area contributed by atoms with E-state index < -0.39 is 35.0 Å². The minimum Gasteiger partial charge on any atom is -0.487 e. The zero-order valence-corrected chi connectivity index (χ0v) is 19.5. The molecule has 0 amide bonds. The maximum atomic E-state index is 13.3.